The molecule has 100 valence electrons. The van der Waals surface area contributed by atoms with Crippen molar-refractivity contribution in [3.8, 4) is 6.07 Å². The second-order valence-corrected chi connectivity index (χ2v) is 6.19. The maximum absolute atomic E-state index is 9.46. The van der Waals surface area contributed by atoms with E-state index in [4.69, 9.17) is 0 Å². The molecule has 0 radical (unpaired) electrons. The minimum absolute atomic E-state index is 0.594. The van der Waals surface area contributed by atoms with Gasteiger partial charge in [0.05, 0.1) is 11.3 Å². The summed E-state index contributed by atoms with van der Waals surface area (Å²) in [4.78, 5) is 3.48. The van der Waals surface area contributed by atoms with E-state index in [9.17, 15) is 5.26 Å². The van der Waals surface area contributed by atoms with Crippen LogP contribution in [0, 0.1) is 11.3 Å². The molecule has 1 N–H and O–H groups in total. The van der Waals surface area contributed by atoms with E-state index in [2.05, 4.69) is 28.4 Å². The van der Waals surface area contributed by atoms with Gasteiger partial charge in [-0.25, -0.2) is 0 Å². The minimum Gasteiger partial charge on any atom is -0.369 e. The molecule has 2 bridgehead atoms. The normalized spacial score (nSPS) is 26.0. The maximum atomic E-state index is 9.46. The lowest BCUT2D eigenvalue weighted by Crippen LogP contribution is -2.35. The molecule has 2 aliphatic heterocycles. The van der Waals surface area contributed by atoms with Crippen molar-refractivity contribution in [1.29, 1.82) is 5.26 Å². The first kappa shape index (κ1) is 12.8. The fourth-order valence-electron chi connectivity index (χ4n) is 3.23. The zero-order valence-electron chi connectivity index (χ0n) is 11.2. The molecule has 3 nitrogen and oxygen atoms in total. The molecule has 2 unspecified atom stereocenters. The Morgan fingerprint density at radius 2 is 2.16 bits per heavy atom. The highest BCUT2D eigenvalue weighted by atomic mass is 32.2. The molecular weight excluding hydrogens is 254 g/mol. The first-order valence-electron chi connectivity index (χ1n) is 6.90. The third kappa shape index (κ3) is 2.45. The van der Waals surface area contributed by atoms with Crippen LogP contribution in [0.2, 0.25) is 0 Å². The Kier molecular flexibility index (Phi) is 3.67. The molecule has 0 saturated carbocycles. The summed E-state index contributed by atoms with van der Waals surface area (Å²) >= 11 is 1.65. The summed E-state index contributed by atoms with van der Waals surface area (Å²) < 4.78 is 0. The standard InChI is InChI=1S/C15H19N3S/c1-19-15-4-2-3-14(13(15)9-16)18-8-7-11-5-6-12(10-18)17-11/h2-4,11-12,17H,5-8,10H2,1H3. The number of hydrogen-bond acceptors (Lipinski definition) is 4. The van der Waals surface area contributed by atoms with Crippen LogP contribution in [-0.4, -0.2) is 31.4 Å². The van der Waals surface area contributed by atoms with Gasteiger partial charge < -0.3 is 10.2 Å². The minimum atomic E-state index is 0.594. The first-order chi connectivity index (χ1) is 9.31. The molecule has 0 spiro atoms. The Labute approximate surface area is 119 Å². The van der Waals surface area contributed by atoms with Crippen LogP contribution in [-0.2, 0) is 0 Å². The second kappa shape index (κ2) is 5.44. The Hall–Kier alpha value is -1.18. The zero-order chi connectivity index (χ0) is 13.2. The van der Waals surface area contributed by atoms with Crippen LogP contribution < -0.4 is 10.2 Å². The van der Waals surface area contributed by atoms with Gasteiger partial charge in [-0.3, -0.25) is 0 Å². The van der Waals surface area contributed by atoms with E-state index in [1.807, 2.05) is 12.3 Å². The highest BCUT2D eigenvalue weighted by molar-refractivity contribution is 7.98. The number of rotatable bonds is 2. The van der Waals surface area contributed by atoms with Crippen LogP contribution in [0.4, 0.5) is 5.69 Å². The molecule has 1 aromatic rings. The van der Waals surface area contributed by atoms with Gasteiger partial charge in [0.1, 0.15) is 6.07 Å². The van der Waals surface area contributed by atoms with Crippen LogP contribution in [0.25, 0.3) is 0 Å². The Morgan fingerprint density at radius 3 is 2.95 bits per heavy atom. The number of nitriles is 1. The fourth-order valence-corrected chi connectivity index (χ4v) is 3.80. The molecule has 1 aromatic carbocycles. The molecule has 2 atom stereocenters. The average Bonchev–Trinajstić information content (AvgIpc) is 2.77. The van der Waals surface area contributed by atoms with Crippen molar-refractivity contribution in [2.75, 3.05) is 24.2 Å². The predicted octanol–water partition coefficient (Wildman–Crippen LogP) is 2.61. The first-order valence-corrected chi connectivity index (χ1v) is 8.12. The largest absolute Gasteiger partial charge is 0.369 e. The summed E-state index contributed by atoms with van der Waals surface area (Å²) in [5.41, 5.74) is 1.96. The van der Waals surface area contributed by atoms with Gasteiger partial charge in [-0.1, -0.05) is 6.07 Å². The van der Waals surface area contributed by atoms with Crippen LogP contribution >= 0.6 is 11.8 Å². The van der Waals surface area contributed by atoms with E-state index in [-0.39, 0.29) is 0 Å². The van der Waals surface area contributed by atoms with Crippen LogP contribution in [0.5, 0.6) is 0 Å². The maximum Gasteiger partial charge on any atom is 0.103 e. The van der Waals surface area contributed by atoms with Crippen molar-refractivity contribution in [3.63, 3.8) is 0 Å². The molecule has 4 heteroatoms. The highest BCUT2D eigenvalue weighted by Crippen LogP contribution is 2.31. The fraction of sp³-hybridized carbons (Fsp3) is 0.533. The van der Waals surface area contributed by atoms with Crippen LogP contribution in [0.3, 0.4) is 0 Å². The smallest absolute Gasteiger partial charge is 0.103 e. The van der Waals surface area contributed by atoms with Crippen molar-refractivity contribution in [1.82, 2.24) is 5.32 Å². The molecule has 2 fully saturated rings. The Balaban J connectivity index is 1.91. The molecule has 0 aromatic heterocycles. The number of benzene rings is 1. The number of nitrogens with zero attached hydrogens (tertiary/aromatic N) is 2. The zero-order valence-corrected chi connectivity index (χ0v) is 12.0. The van der Waals surface area contributed by atoms with E-state index < -0.39 is 0 Å². The summed E-state index contributed by atoms with van der Waals surface area (Å²) in [5.74, 6) is 0. The van der Waals surface area contributed by atoms with E-state index >= 15 is 0 Å². The molecule has 2 heterocycles. The lowest BCUT2D eigenvalue weighted by Gasteiger charge is -2.27. The number of fused-ring (bicyclic) bond motifs is 2. The third-order valence-electron chi connectivity index (χ3n) is 4.20. The third-order valence-corrected chi connectivity index (χ3v) is 4.98. The SMILES string of the molecule is CSc1cccc(N2CCC3CCC(C2)N3)c1C#N. The molecule has 2 aliphatic rings. The number of thioether (sulfide) groups is 1. The van der Waals surface area contributed by atoms with Gasteiger partial charge in [0, 0.05) is 30.1 Å². The summed E-state index contributed by atoms with van der Waals surface area (Å²) in [6.07, 6.45) is 5.80. The van der Waals surface area contributed by atoms with Crippen molar-refractivity contribution in [3.05, 3.63) is 23.8 Å². The molecule has 0 aliphatic carbocycles. The molecule has 3 rings (SSSR count). The highest BCUT2D eigenvalue weighted by Gasteiger charge is 2.30. The summed E-state index contributed by atoms with van der Waals surface area (Å²) in [6.45, 7) is 2.09. The number of hydrogen-bond donors (Lipinski definition) is 1. The van der Waals surface area contributed by atoms with Crippen molar-refractivity contribution in [2.24, 2.45) is 0 Å². The lowest BCUT2D eigenvalue weighted by atomic mass is 10.1. The molecule has 19 heavy (non-hydrogen) atoms. The Bertz CT molecular complexity index is 509. The van der Waals surface area contributed by atoms with Gasteiger partial charge in [-0.15, -0.1) is 11.8 Å². The monoisotopic (exact) mass is 273 g/mol. The van der Waals surface area contributed by atoms with Crippen molar-refractivity contribution < 1.29 is 0 Å². The van der Waals surface area contributed by atoms with Gasteiger partial charge in [0.15, 0.2) is 0 Å². The van der Waals surface area contributed by atoms with E-state index in [1.54, 1.807) is 11.8 Å². The molecule has 2 saturated heterocycles. The van der Waals surface area contributed by atoms with E-state index in [1.165, 1.54) is 19.3 Å². The lowest BCUT2D eigenvalue weighted by molar-refractivity contribution is 0.563. The van der Waals surface area contributed by atoms with Gasteiger partial charge in [0.25, 0.3) is 0 Å². The topological polar surface area (TPSA) is 39.1 Å². The average molecular weight is 273 g/mol. The van der Waals surface area contributed by atoms with Crippen LogP contribution in [0.15, 0.2) is 23.1 Å². The quantitative estimate of drug-likeness (QED) is 0.841. The van der Waals surface area contributed by atoms with Gasteiger partial charge >= 0.3 is 0 Å². The summed E-state index contributed by atoms with van der Waals surface area (Å²) in [5, 5.41) is 13.1. The van der Waals surface area contributed by atoms with E-state index in [0.29, 0.717) is 12.1 Å². The van der Waals surface area contributed by atoms with Gasteiger partial charge in [0.2, 0.25) is 0 Å². The van der Waals surface area contributed by atoms with Gasteiger partial charge in [-0.05, 0) is 37.7 Å². The van der Waals surface area contributed by atoms with Crippen molar-refractivity contribution in [2.45, 2.75) is 36.2 Å². The molecular formula is C15H19N3S. The summed E-state index contributed by atoms with van der Waals surface area (Å²) in [6, 6.07) is 9.87. The molecule has 0 amide bonds. The number of anilines is 1. The van der Waals surface area contributed by atoms with Gasteiger partial charge in [-0.2, -0.15) is 5.26 Å². The van der Waals surface area contributed by atoms with Crippen LogP contribution in [0.1, 0.15) is 24.8 Å². The second-order valence-electron chi connectivity index (χ2n) is 5.34. The van der Waals surface area contributed by atoms with E-state index in [0.717, 1.165) is 29.2 Å². The summed E-state index contributed by atoms with van der Waals surface area (Å²) in [7, 11) is 0. The Morgan fingerprint density at radius 1 is 1.32 bits per heavy atom. The van der Waals surface area contributed by atoms with Crippen molar-refractivity contribution >= 4 is 17.4 Å². The number of nitrogens with one attached hydrogen (secondary N) is 1. The predicted molar refractivity (Wildman–Crippen MR) is 79.7 cm³/mol.